The van der Waals surface area contributed by atoms with E-state index in [9.17, 15) is 4.79 Å². The third-order valence-corrected chi connectivity index (χ3v) is 1.62. The van der Waals surface area contributed by atoms with Gasteiger partial charge in [0.25, 0.3) is 0 Å². The molecule has 0 aliphatic carbocycles. The first kappa shape index (κ1) is 9.67. The number of methoxy groups -OCH3 is 1. The van der Waals surface area contributed by atoms with E-state index in [1.807, 2.05) is 0 Å². The molecule has 70 valence electrons. The Labute approximate surface area is 76.7 Å². The van der Waals surface area contributed by atoms with E-state index >= 15 is 0 Å². The summed E-state index contributed by atoms with van der Waals surface area (Å²) in [7, 11) is 1.55. The van der Waals surface area contributed by atoms with E-state index in [1.54, 1.807) is 25.4 Å². The van der Waals surface area contributed by atoms with Gasteiger partial charge in [0.05, 0.1) is 7.11 Å². The topological polar surface area (TPSA) is 65.2 Å². The van der Waals surface area contributed by atoms with E-state index in [1.165, 1.54) is 0 Å². The second-order valence-corrected chi connectivity index (χ2v) is 2.54. The van der Waals surface area contributed by atoms with Crippen LogP contribution in [-0.4, -0.2) is 24.4 Å². The average Bonchev–Trinajstić information content (AvgIpc) is 2.18. The third kappa shape index (κ3) is 2.52. The van der Waals surface area contributed by atoms with E-state index in [-0.39, 0.29) is 5.78 Å². The van der Waals surface area contributed by atoms with Gasteiger partial charge in [-0.05, 0) is 12.6 Å². The predicted octanol–water partition coefficient (Wildman–Crippen LogP) is 0.622. The molecule has 1 rings (SSSR count). The van der Waals surface area contributed by atoms with Gasteiger partial charge in [-0.25, -0.2) is 0 Å². The minimum atomic E-state index is -0.0543. The summed E-state index contributed by atoms with van der Waals surface area (Å²) in [6, 6.07) is 3.30. The van der Waals surface area contributed by atoms with Crippen LogP contribution in [0.1, 0.15) is 16.9 Å². The average molecular weight is 180 g/mol. The Kier molecular flexibility index (Phi) is 3.40. The van der Waals surface area contributed by atoms with E-state index in [4.69, 9.17) is 10.5 Å². The van der Waals surface area contributed by atoms with Crippen molar-refractivity contribution in [2.75, 3.05) is 13.7 Å². The predicted molar refractivity (Wildman–Crippen MR) is 48.8 cm³/mol. The van der Waals surface area contributed by atoms with Crippen LogP contribution in [-0.2, 0) is 0 Å². The molecular formula is C9H12N2O2. The van der Waals surface area contributed by atoms with Crippen LogP contribution in [0.15, 0.2) is 18.3 Å². The molecule has 0 atom stereocenters. The number of ketones is 1. The van der Waals surface area contributed by atoms with Crippen molar-refractivity contribution in [1.82, 2.24) is 4.98 Å². The molecule has 1 aromatic heterocycles. The van der Waals surface area contributed by atoms with Gasteiger partial charge in [0, 0.05) is 18.7 Å². The van der Waals surface area contributed by atoms with Gasteiger partial charge in [0.2, 0.25) is 0 Å². The van der Waals surface area contributed by atoms with E-state index in [0.717, 1.165) is 0 Å². The molecule has 0 aromatic carbocycles. The van der Waals surface area contributed by atoms with Crippen molar-refractivity contribution >= 4 is 5.78 Å². The van der Waals surface area contributed by atoms with Crippen LogP contribution >= 0.6 is 0 Å². The molecule has 0 saturated heterocycles. The first-order valence-corrected chi connectivity index (χ1v) is 4.01. The lowest BCUT2D eigenvalue weighted by atomic mass is 10.2. The van der Waals surface area contributed by atoms with Crippen molar-refractivity contribution in [2.45, 2.75) is 6.42 Å². The zero-order chi connectivity index (χ0) is 9.68. The molecule has 4 nitrogen and oxygen atoms in total. The molecular weight excluding hydrogens is 168 g/mol. The van der Waals surface area contributed by atoms with Crippen LogP contribution in [0.25, 0.3) is 0 Å². The maximum Gasteiger partial charge on any atom is 0.182 e. The molecule has 0 saturated carbocycles. The molecule has 13 heavy (non-hydrogen) atoms. The number of aromatic nitrogens is 1. The molecule has 1 heterocycles. The summed E-state index contributed by atoms with van der Waals surface area (Å²) in [4.78, 5) is 15.2. The summed E-state index contributed by atoms with van der Waals surface area (Å²) < 4.78 is 4.96. The fraction of sp³-hybridized carbons (Fsp3) is 0.333. The highest BCUT2D eigenvalue weighted by Crippen LogP contribution is 2.10. The van der Waals surface area contributed by atoms with Crippen LogP contribution in [0.4, 0.5) is 0 Å². The second kappa shape index (κ2) is 4.57. The first-order valence-electron chi connectivity index (χ1n) is 4.01. The van der Waals surface area contributed by atoms with Crippen molar-refractivity contribution in [1.29, 1.82) is 0 Å². The van der Waals surface area contributed by atoms with Crippen molar-refractivity contribution in [2.24, 2.45) is 5.73 Å². The van der Waals surface area contributed by atoms with Gasteiger partial charge < -0.3 is 10.5 Å². The van der Waals surface area contributed by atoms with Crippen LogP contribution in [0.3, 0.4) is 0 Å². The summed E-state index contributed by atoms with van der Waals surface area (Å²) in [5, 5.41) is 0. The number of rotatable bonds is 4. The van der Waals surface area contributed by atoms with Crippen LogP contribution in [0, 0.1) is 0 Å². The lowest BCUT2D eigenvalue weighted by Gasteiger charge is -2.01. The Morgan fingerprint density at radius 2 is 2.46 bits per heavy atom. The monoisotopic (exact) mass is 180 g/mol. The third-order valence-electron chi connectivity index (χ3n) is 1.62. The summed E-state index contributed by atoms with van der Waals surface area (Å²) in [5.74, 6) is 0.580. The van der Waals surface area contributed by atoms with Crippen LogP contribution in [0.2, 0.25) is 0 Å². The number of hydrogen-bond acceptors (Lipinski definition) is 4. The quantitative estimate of drug-likeness (QED) is 0.690. The molecule has 0 bridgehead atoms. The summed E-state index contributed by atoms with van der Waals surface area (Å²) in [6.45, 7) is 0.345. The molecule has 0 aliphatic heterocycles. The highest BCUT2D eigenvalue weighted by molar-refractivity contribution is 5.94. The molecule has 0 spiro atoms. The fourth-order valence-corrected chi connectivity index (χ4v) is 0.950. The SMILES string of the molecule is COc1ccnc(C(=O)CCN)c1. The molecule has 0 amide bonds. The fourth-order valence-electron chi connectivity index (χ4n) is 0.950. The lowest BCUT2D eigenvalue weighted by molar-refractivity contribution is 0.0980. The minimum Gasteiger partial charge on any atom is -0.497 e. The molecule has 0 aliphatic rings. The largest absolute Gasteiger partial charge is 0.497 e. The smallest absolute Gasteiger partial charge is 0.182 e. The highest BCUT2D eigenvalue weighted by Gasteiger charge is 2.06. The van der Waals surface area contributed by atoms with Gasteiger partial charge in [-0.2, -0.15) is 0 Å². The Bertz CT molecular complexity index is 299. The number of pyridine rings is 1. The van der Waals surface area contributed by atoms with Gasteiger partial charge in [0.1, 0.15) is 11.4 Å². The zero-order valence-corrected chi connectivity index (χ0v) is 7.49. The van der Waals surface area contributed by atoms with Gasteiger partial charge in [-0.15, -0.1) is 0 Å². The zero-order valence-electron chi connectivity index (χ0n) is 7.49. The van der Waals surface area contributed by atoms with Crippen LogP contribution in [0.5, 0.6) is 5.75 Å². The summed E-state index contributed by atoms with van der Waals surface area (Å²) in [6.07, 6.45) is 1.86. The van der Waals surface area contributed by atoms with Crippen LogP contribution < -0.4 is 10.5 Å². The number of Topliss-reactive ketones (excluding diaryl/α,β-unsaturated/α-hetero) is 1. The maximum absolute atomic E-state index is 11.3. The lowest BCUT2D eigenvalue weighted by Crippen LogP contribution is -2.09. The van der Waals surface area contributed by atoms with E-state index in [0.29, 0.717) is 24.4 Å². The summed E-state index contributed by atoms with van der Waals surface area (Å²) in [5.41, 5.74) is 5.66. The first-order chi connectivity index (χ1) is 6.27. The normalized spacial score (nSPS) is 9.69. The van der Waals surface area contributed by atoms with Gasteiger partial charge in [-0.1, -0.05) is 0 Å². The Balaban J connectivity index is 2.82. The van der Waals surface area contributed by atoms with Gasteiger partial charge in [0.15, 0.2) is 5.78 Å². The Morgan fingerprint density at radius 1 is 1.69 bits per heavy atom. The standard InChI is InChI=1S/C9H12N2O2/c1-13-7-3-5-11-8(6-7)9(12)2-4-10/h3,5-6H,2,4,10H2,1H3. The molecule has 0 fully saturated rings. The van der Waals surface area contributed by atoms with Crippen molar-refractivity contribution < 1.29 is 9.53 Å². The summed E-state index contributed by atoms with van der Waals surface area (Å²) >= 11 is 0. The molecule has 0 radical (unpaired) electrons. The van der Waals surface area contributed by atoms with Crippen molar-refractivity contribution in [3.05, 3.63) is 24.0 Å². The van der Waals surface area contributed by atoms with Crippen molar-refractivity contribution in [3.63, 3.8) is 0 Å². The second-order valence-electron chi connectivity index (χ2n) is 2.54. The number of nitrogens with zero attached hydrogens (tertiary/aromatic N) is 1. The number of ether oxygens (including phenoxy) is 1. The minimum absolute atomic E-state index is 0.0543. The molecule has 2 N–H and O–H groups in total. The maximum atomic E-state index is 11.3. The number of carbonyl (C=O) groups is 1. The van der Waals surface area contributed by atoms with Gasteiger partial charge >= 0.3 is 0 Å². The number of hydrogen-bond donors (Lipinski definition) is 1. The molecule has 4 heteroatoms. The number of carbonyl (C=O) groups excluding carboxylic acids is 1. The van der Waals surface area contributed by atoms with Crippen molar-refractivity contribution in [3.8, 4) is 5.75 Å². The van der Waals surface area contributed by atoms with E-state index < -0.39 is 0 Å². The molecule has 1 aromatic rings. The highest BCUT2D eigenvalue weighted by atomic mass is 16.5. The molecule has 0 unspecified atom stereocenters. The Hall–Kier alpha value is -1.42. The van der Waals surface area contributed by atoms with Gasteiger partial charge in [-0.3, -0.25) is 9.78 Å². The Morgan fingerprint density at radius 3 is 3.08 bits per heavy atom. The van der Waals surface area contributed by atoms with E-state index in [2.05, 4.69) is 4.98 Å². The number of nitrogens with two attached hydrogens (primary N) is 1.